The molecule has 3 rings (SSSR count). The highest BCUT2D eigenvalue weighted by molar-refractivity contribution is 14.0. The number of aliphatic imine (C=N–C) groups is 1. The maximum Gasteiger partial charge on any atom is 0.195 e. The molecular weight excluding hydrogens is 515 g/mol. The molecule has 0 radical (unpaired) electrons. The van der Waals surface area contributed by atoms with Gasteiger partial charge in [-0.3, -0.25) is 9.89 Å². The number of benzene rings is 1. The number of guanidine groups is 1. The molecule has 1 atom stereocenters. The van der Waals surface area contributed by atoms with Crippen LogP contribution in [0.5, 0.6) is 11.5 Å². The van der Waals surface area contributed by atoms with Gasteiger partial charge in [-0.1, -0.05) is 0 Å². The van der Waals surface area contributed by atoms with E-state index in [9.17, 15) is 0 Å². The molecule has 9 heteroatoms. The third-order valence-electron chi connectivity index (χ3n) is 5.37. The first-order chi connectivity index (χ1) is 14.2. The lowest BCUT2D eigenvalue weighted by Crippen LogP contribution is -2.56. The fraction of sp³-hybridized carbons (Fsp3) is 0.667. The Morgan fingerprint density at radius 3 is 2.70 bits per heavy atom. The predicted octanol–water partition coefficient (Wildman–Crippen LogP) is 3.30. The summed E-state index contributed by atoms with van der Waals surface area (Å²) in [7, 11) is 1.66. The second-order valence-electron chi connectivity index (χ2n) is 7.25. The van der Waals surface area contributed by atoms with E-state index in [1.807, 2.05) is 36.9 Å². The van der Waals surface area contributed by atoms with Crippen LogP contribution in [0.2, 0.25) is 0 Å². The second-order valence-corrected chi connectivity index (χ2v) is 8.35. The van der Waals surface area contributed by atoms with Gasteiger partial charge in [0, 0.05) is 37.1 Å². The minimum Gasteiger partial charge on any atom is -0.493 e. The molecule has 7 nitrogen and oxygen atoms in total. The molecule has 2 fully saturated rings. The second kappa shape index (κ2) is 12.8. The van der Waals surface area contributed by atoms with Gasteiger partial charge in [-0.2, -0.15) is 11.8 Å². The number of hydrogen-bond donors (Lipinski definition) is 2. The molecule has 2 heterocycles. The molecule has 170 valence electrons. The summed E-state index contributed by atoms with van der Waals surface area (Å²) >= 11 is 2.03. The number of halogens is 1. The smallest absolute Gasteiger partial charge is 0.195 e. The summed E-state index contributed by atoms with van der Waals surface area (Å²) in [6.07, 6.45) is 1.18. The molecule has 2 N–H and O–H groups in total. The maximum atomic E-state index is 5.61. The Labute approximate surface area is 201 Å². The normalized spacial score (nSPS) is 22.3. The van der Waals surface area contributed by atoms with Gasteiger partial charge in [-0.15, -0.1) is 24.0 Å². The van der Waals surface area contributed by atoms with Crippen LogP contribution in [0, 0.1) is 0 Å². The van der Waals surface area contributed by atoms with Crippen LogP contribution in [-0.4, -0.2) is 81.0 Å². The van der Waals surface area contributed by atoms with Crippen LogP contribution < -0.4 is 20.1 Å². The maximum absolute atomic E-state index is 5.61. The van der Waals surface area contributed by atoms with Crippen molar-refractivity contribution in [2.75, 3.05) is 69.9 Å². The Balaban J connectivity index is 0.00000320. The average Bonchev–Trinajstić information content (AvgIpc) is 3.24. The number of anilines is 1. The first-order valence-electron chi connectivity index (χ1n) is 10.5. The van der Waals surface area contributed by atoms with Crippen LogP contribution in [0.25, 0.3) is 0 Å². The van der Waals surface area contributed by atoms with Gasteiger partial charge in [0.15, 0.2) is 17.5 Å². The Morgan fingerprint density at radius 1 is 1.27 bits per heavy atom. The Bertz CT molecular complexity index is 680. The first-order valence-corrected chi connectivity index (χ1v) is 11.6. The Morgan fingerprint density at radius 2 is 2.07 bits per heavy atom. The summed E-state index contributed by atoms with van der Waals surface area (Å²) in [4.78, 5) is 7.57. The van der Waals surface area contributed by atoms with Gasteiger partial charge in [0.1, 0.15) is 0 Å². The van der Waals surface area contributed by atoms with Crippen molar-refractivity contribution in [2.24, 2.45) is 4.99 Å². The highest BCUT2D eigenvalue weighted by Crippen LogP contribution is 2.34. The van der Waals surface area contributed by atoms with Crippen molar-refractivity contribution in [3.8, 4) is 11.5 Å². The van der Waals surface area contributed by atoms with Crippen molar-refractivity contribution in [1.82, 2.24) is 10.2 Å². The first kappa shape index (κ1) is 25.4. The Hall–Kier alpha value is -0.910. The molecule has 1 aromatic rings. The van der Waals surface area contributed by atoms with Crippen LogP contribution in [0.15, 0.2) is 23.2 Å². The molecule has 0 saturated carbocycles. The fourth-order valence-corrected chi connectivity index (χ4v) is 5.27. The van der Waals surface area contributed by atoms with Crippen molar-refractivity contribution >= 4 is 47.4 Å². The summed E-state index contributed by atoms with van der Waals surface area (Å²) in [5, 5.41) is 6.79. The summed E-state index contributed by atoms with van der Waals surface area (Å²) < 4.78 is 16.6. The zero-order valence-corrected chi connectivity index (χ0v) is 21.4. The number of nitrogens with one attached hydrogen (secondary N) is 2. The molecule has 0 bridgehead atoms. The van der Waals surface area contributed by atoms with Crippen molar-refractivity contribution < 1.29 is 14.2 Å². The number of rotatable bonds is 8. The SMILES string of the molecule is CCNC(=NCC1(N2CCOCC2)CCSC1)Nc1ccc(OCC)c(OC)c1.I. The molecule has 30 heavy (non-hydrogen) atoms. The number of hydrogen-bond acceptors (Lipinski definition) is 6. The third kappa shape index (κ3) is 6.54. The van der Waals surface area contributed by atoms with Crippen molar-refractivity contribution in [1.29, 1.82) is 0 Å². The lowest BCUT2D eigenvalue weighted by atomic mass is 9.96. The molecule has 1 unspecified atom stereocenters. The minimum absolute atomic E-state index is 0. The molecule has 0 amide bonds. The van der Waals surface area contributed by atoms with Gasteiger partial charge < -0.3 is 24.8 Å². The monoisotopic (exact) mass is 550 g/mol. The van der Waals surface area contributed by atoms with Crippen LogP contribution in [0.1, 0.15) is 20.3 Å². The van der Waals surface area contributed by atoms with Gasteiger partial charge in [0.2, 0.25) is 0 Å². The van der Waals surface area contributed by atoms with Gasteiger partial charge in [-0.25, -0.2) is 0 Å². The number of morpholine rings is 1. The zero-order valence-electron chi connectivity index (χ0n) is 18.2. The largest absolute Gasteiger partial charge is 0.493 e. The van der Waals surface area contributed by atoms with E-state index in [1.54, 1.807) is 7.11 Å². The standard InChI is InChI=1S/C21H34N4O3S.HI/c1-4-22-20(24-17-6-7-18(28-5-2)19(14-17)26-3)23-15-21(8-13-29-16-21)25-9-11-27-12-10-25;/h6-7,14H,4-5,8-13,15-16H2,1-3H3,(H2,22,23,24);1H. The summed E-state index contributed by atoms with van der Waals surface area (Å²) in [5.74, 6) is 4.59. The van der Waals surface area contributed by atoms with Crippen LogP contribution in [0.4, 0.5) is 5.69 Å². The topological polar surface area (TPSA) is 67.4 Å². The molecular formula is C21H35IN4O3S. The lowest BCUT2D eigenvalue weighted by molar-refractivity contribution is -0.0104. The molecule has 2 aliphatic rings. The molecule has 0 aliphatic carbocycles. The minimum atomic E-state index is 0. The van der Waals surface area contributed by atoms with Crippen molar-refractivity contribution in [3.05, 3.63) is 18.2 Å². The van der Waals surface area contributed by atoms with E-state index in [-0.39, 0.29) is 29.5 Å². The molecule has 2 aliphatic heterocycles. The van der Waals surface area contributed by atoms with Crippen LogP contribution in [0.3, 0.4) is 0 Å². The van der Waals surface area contributed by atoms with E-state index in [0.717, 1.165) is 62.5 Å². The molecule has 2 saturated heterocycles. The highest BCUT2D eigenvalue weighted by Gasteiger charge is 2.40. The van der Waals surface area contributed by atoms with E-state index in [1.165, 1.54) is 12.2 Å². The summed E-state index contributed by atoms with van der Waals surface area (Å²) in [5.41, 5.74) is 1.05. The van der Waals surface area contributed by atoms with E-state index >= 15 is 0 Å². The van der Waals surface area contributed by atoms with E-state index in [0.29, 0.717) is 12.4 Å². The number of thioether (sulfide) groups is 1. The molecule has 0 spiro atoms. The highest BCUT2D eigenvalue weighted by atomic mass is 127. The molecule has 1 aromatic carbocycles. The van der Waals surface area contributed by atoms with E-state index in [4.69, 9.17) is 19.2 Å². The Kier molecular flexibility index (Phi) is 10.8. The van der Waals surface area contributed by atoms with Crippen molar-refractivity contribution in [3.63, 3.8) is 0 Å². The van der Waals surface area contributed by atoms with Crippen LogP contribution in [-0.2, 0) is 4.74 Å². The zero-order chi connectivity index (χ0) is 20.5. The van der Waals surface area contributed by atoms with Gasteiger partial charge in [0.25, 0.3) is 0 Å². The van der Waals surface area contributed by atoms with Gasteiger partial charge in [-0.05, 0) is 38.2 Å². The quantitative estimate of drug-likeness (QED) is 0.293. The number of ether oxygens (including phenoxy) is 3. The summed E-state index contributed by atoms with van der Waals surface area (Å²) in [6.45, 7) is 9.87. The average molecular weight is 551 g/mol. The van der Waals surface area contributed by atoms with Crippen molar-refractivity contribution in [2.45, 2.75) is 25.8 Å². The third-order valence-corrected chi connectivity index (χ3v) is 6.60. The van der Waals surface area contributed by atoms with E-state index < -0.39 is 0 Å². The lowest BCUT2D eigenvalue weighted by Gasteiger charge is -2.42. The summed E-state index contributed by atoms with van der Waals surface area (Å²) in [6, 6.07) is 5.86. The van der Waals surface area contributed by atoms with E-state index in [2.05, 4.69) is 22.5 Å². The molecule has 0 aromatic heterocycles. The van der Waals surface area contributed by atoms with Gasteiger partial charge in [0.05, 0.1) is 39.0 Å². The number of methoxy groups -OCH3 is 1. The van der Waals surface area contributed by atoms with Gasteiger partial charge >= 0.3 is 0 Å². The predicted molar refractivity (Wildman–Crippen MR) is 136 cm³/mol. The van der Waals surface area contributed by atoms with Crippen LogP contribution >= 0.6 is 35.7 Å². The number of nitrogens with zero attached hydrogens (tertiary/aromatic N) is 2. The fourth-order valence-electron chi connectivity index (χ4n) is 3.80.